The smallest absolute Gasteiger partial charge is 0.259 e. The van der Waals surface area contributed by atoms with Gasteiger partial charge in [0.05, 0.1) is 18.8 Å². The third-order valence-corrected chi connectivity index (χ3v) is 4.82. The molecule has 3 aromatic rings. The Hall–Kier alpha value is -3.15. The number of morpholine rings is 1. The van der Waals surface area contributed by atoms with Crippen molar-refractivity contribution in [1.82, 2.24) is 4.90 Å². The van der Waals surface area contributed by atoms with Crippen molar-refractivity contribution in [2.75, 3.05) is 31.6 Å². The number of nitrogens with zero attached hydrogens (tertiary/aromatic N) is 1. The van der Waals surface area contributed by atoms with Gasteiger partial charge in [0, 0.05) is 25.3 Å². The van der Waals surface area contributed by atoms with Crippen molar-refractivity contribution in [1.29, 1.82) is 0 Å². The van der Waals surface area contributed by atoms with Gasteiger partial charge in [0.15, 0.2) is 0 Å². The number of nitrogens with one attached hydrogen (secondary N) is 1. The number of hydrogen-bond donors (Lipinski definition) is 1. The molecule has 0 bridgehead atoms. The van der Waals surface area contributed by atoms with E-state index in [0.717, 1.165) is 38.5 Å². The van der Waals surface area contributed by atoms with Crippen molar-refractivity contribution in [3.63, 3.8) is 0 Å². The van der Waals surface area contributed by atoms with Gasteiger partial charge in [-0.3, -0.25) is 9.69 Å². The van der Waals surface area contributed by atoms with Gasteiger partial charge in [0.1, 0.15) is 11.5 Å². The molecule has 0 unspecified atom stereocenters. The molecule has 1 fully saturated rings. The minimum Gasteiger partial charge on any atom is -0.457 e. The van der Waals surface area contributed by atoms with Crippen LogP contribution in [0.5, 0.6) is 11.5 Å². The summed E-state index contributed by atoms with van der Waals surface area (Å²) in [5.74, 6) is 1.03. The molecule has 0 saturated carbocycles. The number of para-hydroxylation sites is 2. The second-order valence-corrected chi connectivity index (χ2v) is 6.95. The van der Waals surface area contributed by atoms with E-state index in [0.29, 0.717) is 17.1 Å². The number of ether oxygens (including phenoxy) is 2. The standard InChI is InChI=1S/C24H24N2O3/c27-24(22-8-4-5-9-23(22)29-21-6-2-1-3-7-21)25-20-12-10-19(11-13-20)18-26-14-16-28-17-15-26/h1-13H,14-18H2,(H,25,27). The predicted octanol–water partition coefficient (Wildman–Crippen LogP) is 4.56. The average molecular weight is 388 g/mol. The van der Waals surface area contributed by atoms with Crippen LogP contribution in [0.15, 0.2) is 78.9 Å². The second-order valence-electron chi connectivity index (χ2n) is 6.95. The van der Waals surface area contributed by atoms with Crippen LogP contribution in [0.1, 0.15) is 15.9 Å². The Kier molecular flexibility index (Phi) is 6.19. The van der Waals surface area contributed by atoms with Gasteiger partial charge in [-0.25, -0.2) is 0 Å². The molecule has 0 aromatic heterocycles. The quantitative estimate of drug-likeness (QED) is 0.672. The summed E-state index contributed by atoms with van der Waals surface area (Å²) < 4.78 is 11.3. The minimum absolute atomic E-state index is 0.197. The first-order chi connectivity index (χ1) is 14.3. The molecular weight excluding hydrogens is 364 g/mol. The van der Waals surface area contributed by atoms with Crippen molar-refractivity contribution in [3.05, 3.63) is 90.0 Å². The molecule has 1 aliphatic heterocycles. The third kappa shape index (κ3) is 5.22. The number of carbonyl (C=O) groups is 1. The van der Waals surface area contributed by atoms with Crippen molar-refractivity contribution >= 4 is 11.6 Å². The summed E-state index contributed by atoms with van der Waals surface area (Å²) >= 11 is 0. The Balaban J connectivity index is 1.41. The van der Waals surface area contributed by atoms with E-state index >= 15 is 0 Å². The third-order valence-electron chi connectivity index (χ3n) is 4.82. The fraction of sp³-hybridized carbons (Fsp3) is 0.208. The predicted molar refractivity (Wildman–Crippen MR) is 113 cm³/mol. The fourth-order valence-electron chi connectivity index (χ4n) is 3.27. The van der Waals surface area contributed by atoms with Gasteiger partial charge in [-0.15, -0.1) is 0 Å². The first-order valence-electron chi connectivity index (χ1n) is 9.80. The highest BCUT2D eigenvalue weighted by atomic mass is 16.5. The molecule has 29 heavy (non-hydrogen) atoms. The maximum atomic E-state index is 12.8. The Morgan fingerprint density at radius 3 is 2.34 bits per heavy atom. The highest BCUT2D eigenvalue weighted by Crippen LogP contribution is 2.26. The Morgan fingerprint density at radius 1 is 0.897 bits per heavy atom. The molecule has 0 atom stereocenters. The Labute approximate surface area is 170 Å². The molecule has 3 aromatic carbocycles. The molecule has 148 valence electrons. The molecule has 0 radical (unpaired) electrons. The van der Waals surface area contributed by atoms with E-state index in [2.05, 4.69) is 22.3 Å². The number of benzene rings is 3. The molecule has 4 rings (SSSR count). The van der Waals surface area contributed by atoms with Crippen LogP contribution in [0, 0.1) is 0 Å². The lowest BCUT2D eigenvalue weighted by molar-refractivity contribution is 0.0342. The molecule has 1 N–H and O–H groups in total. The van der Waals surface area contributed by atoms with Gasteiger partial charge in [-0.05, 0) is 42.0 Å². The maximum absolute atomic E-state index is 12.8. The number of carbonyl (C=O) groups excluding carboxylic acids is 1. The number of hydrogen-bond acceptors (Lipinski definition) is 4. The lowest BCUT2D eigenvalue weighted by Crippen LogP contribution is -2.35. The van der Waals surface area contributed by atoms with Crippen molar-refractivity contribution in [3.8, 4) is 11.5 Å². The van der Waals surface area contributed by atoms with Crippen molar-refractivity contribution in [2.24, 2.45) is 0 Å². The van der Waals surface area contributed by atoms with Gasteiger partial charge < -0.3 is 14.8 Å². The molecule has 1 heterocycles. The monoisotopic (exact) mass is 388 g/mol. The fourth-order valence-corrected chi connectivity index (χ4v) is 3.27. The van der Waals surface area contributed by atoms with Crippen LogP contribution in [0.25, 0.3) is 0 Å². The Bertz CT molecular complexity index is 936. The van der Waals surface area contributed by atoms with Crippen LogP contribution in [0.2, 0.25) is 0 Å². The lowest BCUT2D eigenvalue weighted by Gasteiger charge is -2.26. The summed E-state index contributed by atoms with van der Waals surface area (Å²) in [6.45, 7) is 4.38. The first kappa shape index (κ1) is 19.2. The Morgan fingerprint density at radius 2 is 1.59 bits per heavy atom. The van der Waals surface area contributed by atoms with E-state index in [-0.39, 0.29) is 5.91 Å². The number of anilines is 1. The zero-order valence-electron chi connectivity index (χ0n) is 16.2. The van der Waals surface area contributed by atoms with E-state index in [1.54, 1.807) is 12.1 Å². The van der Waals surface area contributed by atoms with Crippen LogP contribution in [-0.4, -0.2) is 37.1 Å². The normalized spacial score (nSPS) is 14.3. The molecule has 5 nitrogen and oxygen atoms in total. The van der Waals surface area contributed by atoms with Crippen molar-refractivity contribution in [2.45, 2.75) is 6.54 Å². The van der Waals surface area contributed by atoms with Gasteiger partial charge in [-0.1, -0.05) is 42.5 Å². The van der Waals surface area contributed by atoms with Gasteiger partial charge in [-0.2, -0.15) is 0 Å². The highest BCUT2D eigenvalue weighted by Gasteiger charge is 2.14. The highest BCUT2D eigenvalue weighted by molar-refractivity contribution is 6.06. The molecule has 0 spiro atoms. The van der Waals surface area contributed by atoms with Gasteiger partial charge >= 0.3 is 0 Å². The van der Waals surface area contributed by atoms with E-state index in [9.17, 15) is 4.79 Å². The van der Waals surface area contributed by atoms with Gasteiger partial charge in [0.25, 0.3) is 5.91 Å². The molecular formula is C24H24N2O3. The first-order valence-corrected chi connectivity index (χ1v) is 9.80. The van der Waals surface area contributed by atoms with Gasteiger partial charge in [0.2, 0.25) is 0 Å². The van der Waals surface area contributed by atoms with Crippen LogP contribution < -0.4 is 10.1 Å². The average Bonchev–Trinajstić information content (AvgIpc) is 2.77. The van der Waals surface area contributed by atoms with E-state index in [1.165, 1.54) is 5.56 Å². The largest absolute Gasteiger partial charge is 0.457 e. The lowest BCUT2D eigenvalue weighted by atomic mass is 10.1. The summed E-state index contributed by atoms with van der Waals surface area (Å²) in [5, 5.41) is 2.96. The molecule has 5 heteroatoms. The van der Waals surface area contributed by atoms with Crippen LogP contribution in [0.3, 0.4) is 0 Å². The second kappa shape index (κ2) is 9.37. The van der Waals surface area contributed by atoms with Crippen LogP contribution in [0.4, 0.5) is 5.69 Å². The zero-order chi connectivity index (χ0) is 19.9. The summed E-state index contributed by atoms with van der Waals surface area (Å²) in [5.41, 5.74) is 2.47. The van der Waals surface area contributed by atoms with Crippen molar-refractivity contribution < 1.29 is 14.3 Å². The summed E-state index contributed by atoms with van der Waals surface area (Å²) in [7, 11) is 0. The molecule has 1 amide bonds. The molecule has 1 saturated heterocycles. The SMILES string of the molecule is O=C(Nc1ccc(CN2CCOCC2)cc1)c1ccccc1Oc1ccccc1. The van der Waals surface area contributed by atoms with Crippen LogP contribution >= 0.6 is 0 Å². The van der Waals surface area contributed by atoms with E-state index in [1.807, 2.05) is 54.6 Å². The summed E-state index contributed by atoms with van der Waals surface area (Å²) in [6, 6.07) is 24.7. The topological polar surface area (TPSA) is 50.8 Å². The maximum Gasteiger partial charge on any atom is 0.259 e. The number of amides is 1. The zero-order valence-corrected chi connectivity index (χ0v) is 16.2. The summed E-state index contributed by atoms with van der Waals surface area (Å²) in [6.07, 6.45) is 0. The van der Waals surface area contributed by atoms with E-state index < -0.39 is 0 Å². The van der Waals surface area contributed by atoms with Crippen LogP contribution in [-0.2, 0) is 11.3 Å². The number of rotatable bonds is 6. The summed E-state index contributed by atoms with van der Waals surface area (Å²) in [4.78, 5) is 15.2. The minimum atomic E-state index is -0.197. The molecule has 0 aliphatic carbocycles. The van der Waals surface area contributed by atoms with E-state index in [4.69, 9.17) is 9.47 Å². The molecule has 1 aliphatic rings.